The lowest BCUT2D eigenvalue weighted by atomic mass is 9.88. The molecule has 1 aliphatic carbocycles. The zero-order valence-corrected chi connectivity index (χ0v) is 19.4. The van der Waals surface area contributed by atoms with Crippen molar-refractivity contribution in [2.45, 2.75) is 63.3 Å². The van der Waals surface area contributed by atoms with Gasteiger partial charge in [0.25, 0.3) is 0 Å². The molecule has 9 heteroatoms. The van der Waals surface area contributed by atoms with Crippen molar-refractivity contribution < 1.29 is 14.4 Å². The standard InChI is InChI=1S/C23H24Cl2N4O3/c1-23(2,18-11-26-17(10-27-18)13-3-4-13)22(32)28-9-12-7-15(24)20(16(25)8-12)14-5-6-19(30)29-21(14)31/h7-8,10-11,13-14H,3-6,9H2,1-2H3,(H,28,32)(H,29,30,31). The molecular weight excluding hydrogens is 451 g/mol. The second-order valence-corrected chi connectivity index (χ2v) is 9.70. The molecule has 1 aromatic carbocycles. The van der Waals surface area contributed by atoms with Crippen LogP contribution in [0, 0.1) is 0 Å². The fourth-order valence-corrected chi connectivity index (χ4v) is 4.61. The van der Waals surface area contributed by atoms with Crippen molar-refractivity contribution in [2.75, 3.05) is 0 Å². The molecule has 32 heavy (non-hydrogen) atoms. The molecule has 1 unspecified atom stereocenters. The number of hydrogen-bond donors (Lipinski definition) is 2. The van der Waals surface area contributed by atoms with Gasteiger partial charge in [-0.25, -0.2) is 0 Å². The van der Waals surface area contributed by atoms with Gasteiger partial charge in [0, 0.05) is 46.9 Å². The van der Waals surface area contributed by atoms with Gasteiger partial charge in [0.15, 0.2) is 0 Å². The molecule has 3 amide bonds. The summed E-state index contributed by atoms with van der Waals surface area (Å²) in [6, 6.07) is 3.37. The van der Waals surface area contributed by atoms with E-state index in [0.29, 0.717) is 39.2 Å². The van der Waals surface area contributed by atoms with E-state index in [9.17, 15) is 14.4 Å². The molecule has 2 aromatic rings. The highest BCUT2D eigenvalue weighted by Crippen LogP contribution is 2.39. The third-order valence-corrected chi connectivity index (χ3v) is 6.68. The van der Waals surface area contributed by atoms with E-state index in [4.69, 9.17) is 23.2 Å². The van der Waals surface area contributed by atoms with Crippen molar-refractivity contribution in [3.63, 3.8) is 0 Å². The van der Waals surface area contributed by atoms with Gasteiger partial charge in [0.1, 0.15) is 0 Å². The van der Waals surface area contributed by atoms with Gasteiger partial charge in [-0.3, -0.25) is 29.7 Å². The van der Waals surface area contributed by atoms with Crippen LogP contribution in [0.2, 0.25) is 10.0 Å². The SMILES string of the molecule is CC(C)(C(=O)NCc1cc(Cl)c(C2CCC(=O)NC2=O)c(Cl)c1)c1cnc(C2CC2)cn1. The van der Waals surface area contributed by atoms with Crippen molar-refractivity contribution in [2.24, 2.45) is 0 Å². The average Bonchev–Trinajstić information content (AvgIpc) is 3.58. The lowest BCUT2D eigenvalue weighted by Gasteiger charge is -2.24. The maximum absolute atomic E-state index is 12.9. The third-order valence-electron chi connectivity index (χ3n) is 6.06. The number of nitrogens with zero attached hydrogens (tertiary/aromatic N) is 2. The highest BCUT2D eigenvalue weighted by Gasteiger charge is 2.34. The molecule has 0 bridgehead atoms. The Balaban J connectivity index is 1.44. The van der Waals surface area contributed by atoms with E-state index in [1.807, 2.05) is 0 Å². The number of nitrogens with one attached hydrogen (secondary N) is 2. The molecular formula is C23H24Cl2N4O3. The van der Waals surface area contributed by atoms with Crippen LogP contribution in [0.5, 0.6) is 0 Å². The summed E-state index contributed by atoms with van der Waals surface area (Å²) in [5, 5.41) is 5.89. The minimum atomic E-state index is -0.866. The molecule has 2 N–H and O–H groups in total. The summed E-state index contributed by atoms with van der Waals surface area (Å²) in [6.07, 6.45) is 6.32. The van der Waals surface area contributed by atoms with Crippen LogP contribution in [0.1, 0.15) is 73.9 Å². The van der Waals surface area contributed by atoms with E-state index in [0.717, 1.165) is 18.5 Å². The molecule has 2 fully saturated rings. The van der Waals surface area contributed by atoms with Crippen molar-refractivity contribution in [1.82, 2.24) is 20.6 Å². The van der Waals surface area contributed by atoms with Gasteiger partial charge >= 0.3 is 0 Å². The number of carbonyl (C=O) groups excluding carboxylic acids is 3. The zero-order chi connectivity index (χ0) is 23.0. The van der Waals surface area contributed by atoms with E-state index in [-0.39, 0.29) is 24.8 Å². The molecule has 2 heterocycles. The van der Waals surface area contributed by atoms with E-state index in [1.165, 1.54) is 0 Å². The summed E-state index contributed by atoms with van der Waals surface area (Å²) in [5.74, 6) is -0.972. The van der Waals surface area contributed by atoms with Gasteiger partial charge in [0.05, 0.1) is 22.7 Å². The Morgan fingerprint density at radius 2 is 1.81 bits per heavy atom. The predicted molar refractivity (Wildman–Crippen MR) is 120 cm³/mol. The molecule has 0 spiro atoms. The van der Waals surface area contributed by atoms with Crippen molar-refractivity contribution in [3.05, 3.63) is 57.1 Å². The maximum atomic E-state index is 12.9. The molecule has 1 saturated heterocycles. The van der Waals surface area contributed by atoms with Crippen LogP contribution in [-0.4, -0.2) is 27.7 Å². The Labute approximate surface area is 196 Å². The molecule has 168 valence electrons. The normalized spacial score (nSPS) is 18.9. The first kappa shape index (κ1) is 22.7. The summed E-state index contributed by atoms with van der Waals surface area (Å²) < 4.78 is 0. The fourth-order valence-electron chi connectivity index (χ4n) is 3.81. The highest BCUT2D eigenvalue weighted by molar-refractivity contribution is 6.36. The number of aromatic nitrogens is 2. The Hall–Kier alpha value is -2.51. The highest BCUT2D eigenvalue weighted by atomic mass is 35.5. The number of piperidine rings is 1. The van der Waals surface area contributed by atoms with E-state index < -0.39 is 17.2 Å². The van der Waals surface area contributed by atoms with E-state index in [2.05, 4.69) is 20.6 Å². The largest absolute Gasteiger partial charge is 0.351 e. The summed E-state index contributed by atoms with van der Waals surface area (Å²) in [6.45, 7) is 3.81. The molecule has 1 atom stereocenters. The summed E-state index contributed by atoms with van der Waals surface area (Å²) in [7, 11) is 0. The summed E-state index contributed by atoms with van der Waals surface area (Å²) >= 11 is 12.9. The van der Waals surface area contributed by atoms with Gasteiger partial charge < -0.3 is 5.32 Å². The lowest BCUT2D eigenvalue weighted by molar-refractivity contribution is -0.134. The molecule has 2 aliphatic rings. The quantitative estimate of drug-likeness (QED) is 0.620. The second-order valence-electron chi connectivity index (χ2n) is 8.89. The number of hydrogen-bond acceptors (Lipinski definition) is 5. The number of halogens is 2. The number of carbonyl (C=O) groups is 3. The molecule has 1 aromatic heterocycles. The Morgan fingerprint density at radius 1 is 1.12 bits per heavy atom. The third kappa shape index (κ3) is 4.64. The monoisotopic (exact) mass is 474 g/mol. The first-order valence-electron chi connectivity index (χ1n) is 10.6. The second kappa shape index (κ2) is 8.79. The first-order chi connectivity index (χ1) is 15.2. The number of imide groups is 1. The lowest BCUT2D eigenvalue weighted by Crippen LogP contribution is -2.40. The van der Waals surface area contributed by atoms with Crippen LogP contribution in [0.4, 0.5) is 0 Å². The summed E-state index contributed by atoms with van der Waals surface area (Å²) in [4.78, 5) is 45.4. The Bertz CT molecular complexity index is 1060. The minimum Gasteiger partial charge on any atom is -0.351 e. The maximum Gasteiger partial charge on any atom is 0.234 e. The Morgan fingerprint density at radius 3 is 2.38 bits per heavy atom. The minimum absolute atomic E-state index is 0.201. The molecule has 0 radical (unpaired) electrons. The number of rotatable bonds is 6. The topological polar surface area (TPSA) is 101 Å². The van der Waals surface area contributed by atoms with Crippen LogP contribution < -0.4 is 10.6 Å². The number of amides is 3. The van der Waals surface area contributed by atoms with E-state index >= 15 is 0 Å². The van der Waals surface area contributed by atoms with Gasteiger partial charge in [0.2, 0.25) is 17.7 Å². The van der Waals surface area contributed by atoms with Gasteiger partial charge in [-0.1, -0.05) is 23.2 Å². The molecule has 4 rings (SSSR count). The van der Waals surface area contributed by atoms with Gasteiger partial charge in [-0.05, 0) is 50.8 Å². The molecule has 7 nitrogen and oxygen atoms in total. The van der Waals surface area contributed by atoms with Gasteiger partial charge in [-0.2, -0.15) is 0 Å². The van der Waals surface area contributed by atoms with Crippen LogP contribution in [-0.2, 0) is 26.3 Å². The summed E-state index contributed by atoms with van der Waals surface area (Å²) in [5.41, 5.74) is 1.92. The van der Waals surface area contributed by atoms with Crippen LogP contribution in [0.25, 0.3) is 0 Å². The predicted octanol–water partition coefficient (Wildman–Crippen LogP) is 3.78. The molecule has 1 saturated carbocycles. The van der Waals surface area contributed by atoms with Crippen molar-refractivity contribution >= 4 is 40.9 Å². The average molecular weight is 475 g/mol. The first-order valence-corrected chi connectivity index (χ1v) is 11.3. The molecule has 1 aliphatic heterocycles. The number of benzene rings is 1. The van der Waals surface area contributed by atoms with E-state index in [1.54, 1.807) is 38.4 Å². The fraction of sp³-hybridized carbons (Fsp3) is 0.435. The van der Waals surface area contributed by atoms with Crippen molar-refractivity contribution in [1.29, 1.82) is 0 Å². The smallest absolute Gasteiger partial charge is 0.234 e. The van der Waals surface area contributed by atoms with Crippen molar-refractivity contribution in [3.8, 4) is 0 Å². The Kier molecular flexibility index (Phi) is 6.23. The zero-order valence-electron chi connectivity index (χ0n) is 17.9. The van der Waals surface area contributed by atoms with Crippen LogP contribution in [0.3, 0.4) is 0 Å². The van der Waals surface area contributed by atoms with Crippen LogP contribution >= 0.6 is 23.2 Å². The van der Waals surface area contributed by atoms with Gasteiger partial charge in [-0.15, -0.1) is 0 Å². The van der Waals surface area contributed by atoms with Crippen LogP contribution in [0.15, 0.2) is 24.5 Å².